The van der Waals surface area contributed by atoms with E-state index in [9.17, 15) is 0 Å². The van der Waals surface area contributed by atoms with Gasteiger partial charge in [-0.2, -0.15) is 0 Å². The van der Waals surface area contributed by atoms with Crippen LogP contribution in [0.1, 0.15) is 51.0 Å². The first-order valence-corrected chi connectivity index (χ1v) is 8.01. The summed E-state index contributed by atoms with van der Waals surface area (Å²) in [7, 11) is 0. The average Bonchev–Trinajstić information content (AvgIpc) is 2.35. The molecule has 1 aromatic carbocycles. The third kappa shape index (κ3) is 9.59. The molecule has 0 aromatic heterocycles. The van der Waals surface area contributed by atoms with Crippen molar-refractivity contribution >= 4 is 28.3 Å². The van der Waals surface area contributed by atoms with Gasteiger partial charge in [0.05, 0.1) is 0 Å². The van der Waals surface area contributed by atoms with Crippen LogP contribution in [0.5, 0.6) is 0 Å². The SMILES string of the molecule is CCCCCCCCc1ccc(SC(N)=S)cc1.[Zn]. The maximum Gasteiger partial charge on any atom is 0.135 e. The monoisotopic (exact) mass is 345 g/mol. The fraction of sp³-hybridized carbons (Fsp3) is 0.533. The van der Waals surface area contributed by atoms with Crippen LogP contribution >= 0.6 is 24.0 Å². The average molecular weight is 347 g/mol. The molecule has 0 aliphatic heterocycles. The predicted octanol–water partition coefficient (Wildman–Crippen LogP) is 4.92. The van der Waals surface area contributed by atoms with Gasteiger partial charge < -0.3 is 5.73 Å². The van der Waals surface area contributed by atoms with Gasteiger partial charge in [-0.15, -0.1) is 0 Å². The first-order valence-electron chi connectivity index (χ1n) is 6.78. The van der Waals surface area contributed by atoms with Crippen LogP contribution < -0.4 is 5.73 Å². The summed E-state index contributed by atoms with van der Waals surface area (Å²) in [5, 5.41) is 0. The Morgan fingerprint density at radius 3 is 2.21 bits per heavy atom. The van der Waals surface area contributed by atoms with Crippen molar-refractivity contribution < 1.29 is 19.5 Å². The smallest absolute Gasteiger partial charge is 0.135 e. The number of rotatable bonds is 8. The normalized spacial score (nSPS) is 9.95. The van der Waals surface area contributed by atoms with Crippen molar-refractivity contribution in [2.24, 2.45) is 5.73 Å². The quantitative estimate of drug-likeness (QED) is 0.313. The molecule has 0 heterocycles. The molecule has 19 heavy (non-hydrogen) atoms. The van der Waals surface area contributed by atoms with E-state index in [-0.39, 0.29) is 19.5 Å². The van der Waals surface area contributed by atoms with E-state index in [0.717, 1.165) is 4.90 Å². The number of aryl methyl sites for hydroxylation is 1. The van der Waals surface area contributed by atoms with E-state index in [1.807, 2.05) is 0 Å². The topological polar surface area (TPSA) is 26.0 Å². The Kier molecular flexibility index (Phi) is 11.9. The molecular formula is C15H23NS2Zn. The molecule has 0 unspecified atom stereocenters. The summed E-state index contributed by atoms with van der Waals surface area (Å²) in [6.07, 6.45) is 9.30. The molecule has 0 saturated heterocycles. The summed E-state index contributed by atoms with van der Waals surface area (Å²) in [5.74, 6) is 0. The van der Waals surface area contributed by atoms with Gasteiger partial charge in [-0.05, 0) is 30.5 Å². The van der Waals surface area contributed by atoms with Crippen LogP contribution in [0.3, 0.4) is 0 Å². The van der Waals surface area contributed by atoms with E-state index in [2.05, 4.69) is 31.2 Å². The van der Waals surface area contributed by atoms with Gasteiger partial charge in [-0.25, -0.2) is 0 Å². The third-order valence-electron chi connectivity index (χ3n) is 2.96. The zero-order valence-electron chi connectivity index (χ0n) is 11.9. The van der Waals surface area contributed by atoms with Gasteiger partial charge in [0.2, 0.25) is 0 Å². The Bertz CT molecular complexity index is 352. The number of thiocarbonyl (C=S) groups is 1. The second-order valence-electron chi connectivity index (χ2n) is 4.58. The minimum Gasteiger partial charge on any atom is -0.384 e. The van der Waals surface area contributed by atoms with Crippen LogP contribution in [-0.4, -0.2) is 4.32 Å². The van der Waals surface area contributed by atoms with E-state index in [0.29, 0.717) is 4.32 Å². The van der Waals surface area contributed by atoms with Gasteiger partial charge in [0.15, 0.2) is 0 Å². The second kappa shape index (κ2) is 11.9. The van der Waals surface area contributed by atoms with Crippen molar-refractivity contribution in [1.29, 1.82) is 0 Å². The number of nitrogens with two attached hydrogens (primary N) is 1. The van der Waals surface area contributed by atoms with Crippen LogP contribution in [0.4, 0.5) is 0 Å². The van der Waals surface area contributed by atoms with E-state index in [1.54, 1.807) is 0 Å². The number of thioether (sulfide) groups is 1. The Labute approximate surface area is 139 Å². The summed E-state index contributed by atoms with van der Waals surface area (Å²) in [6.45, 7) is 2.26. The third-order valence-corrected chi connectivity index (χ3v) is 3.92. The Hall–Kier alpha value is 0.0834. The molecule has 4 heteroatoms. The first kappa shape index (κ1) is 19.1. The zero-order chi connectivity index (χ0) is 13.2. The van der Waals surface area contributed by atoms with Crippen molar-refractivity contribution in [2.75, 3.05) is 0 Å². The molecule has 0 atom stereocenters. The molecule has 2 N–H and O–H groups in total. The van der Waals surface area contributed by atoms with Crippen LogP contribution in [0.25, 0.3) is 0 Å². The molecule has 0 aliphatic rings. The molecule has 1 rings (SSSR count). The summed E-state index contributed by atoms with van der Waals surface area (Å²) >= 11 is 6.33. The van der Waals surface area contributed by atoms with E-state index >= 15 is 0 Å². The molecule has 0 fully saturated rings. The molecule has 0 aliphatic carbocycles. The fourth-order valence-electron chi connectivity index (χ4n) is 1.95. The van der Waals surface area contributed by atoms with Gasteiger partial charge in [0, 0.05) is 24.4 Å². The molecule has 0 spiro atoms. The van der Waals surface area contributed by atoms with E-state index < -0.39 is 0 Å². The van der Waals surface area contributed by atoms with Crippen LogP contribution in [0.2, 0.25) is 0 Å². The van der Waals surface area contributed by atoms with E-state index in [4.69, 9.17) is 18.0 Å². The van der Waals surface area contributed by atoms with Gasteiger partial charge in [0.25, 0.3) is 0 Å². The Morgan fingerprint density at radius 1 is 1.05 bits per heavy atom. The largest absolute Gasteiger partial charge is 0.384 e. The maximum atomic E-state index is 5.50. The summed E-state index contributed by atoms with van der Waals surface area (Å²) < 4.78 is 0.485. The summed E-state index contributed by atoms with van der Waals surface area (Å²) in [5.41, 5.74) is 6.91. The Morgan fingerprint density at radius 2 is 1.63 bits per heavy atom. The molecule has 0 amide bonds. The van der Waals surface area contributed by atoms with Crippen LogP contribution in [-0.2, 0) is 25.9 Å². The van der Waals surface area contributed by atoms with Crippen molar-refractivity contribution in [3.8, 4) is 0 Å². The molecule has 1 aromatic rings. The van der Waals surface area contributed by atoms with Crippen molar-refractivity contribution in [3.63, 3.8) is 0 Å². The van der Waals surface area contributed by atoms with Crippen molar-refractivity contribution in [1.82, 2.24) is 0 Å². The van der Waals surface area contributed by atoms with E-state index in [1.165, 1.54) is 62.3 Å². The number of benzene rings is 1. The molecule has 0 bridgehead atoms. The maximum absolute atomic E-state index is 5.50. The molecule has 0 saturated carbocycles. The molecule has 1 nitrogen and oxygen atoms in total. The predicted molar refractivity (Wildman–Crippen MR) is 86.2 cm³/mol. The molecule has 0 radical (unpaired) electrons. The number of hydrogen-bond donors (Lipinski definition) is 1. The Balaban J connectivity index is 0.00000324. The number of unbranched alkanes of at least 4 members (excludes halogenated alkanes) is 5. The van der Waals surface area contributed by atoms with Gasteiger partial charge in [0.1, 0.15) is 4.32 Å². The summed E-state index contributed by atoms with van der Waals surface area (Å²) in [6, 6.07) is 8.59. The molecular weight excluding hydrogens is 324 g/mol. The minimum atomic E-state index is 0. The van der Waals surface area contributed by atoms with Gasteiger partial charge >= 0.3 is 0 Å². The first-order chi connectivity index (χ1) is 8.72. The van der Waals surface area contributed by atoms with Crippen molar-refractivity contribution in [3.05, 3.63) is 29.8 Å². The zero-order valence-corrected chi connectivity index (χ0v) is 16.5. The number of hydrogen-bond acceptors (Lipinski definition) is 2. The van der Waals surface area contributed by atoms with Crippen LogP contribution in [0.15, 0.2) is 29.2 Å². The minimum absolute atomic E-state index is 0. The standard InChI is InChI=1S/C15H23NS2.Zn/c1-2-3-4-5-6-7-8-13-9-11-14(12-10-13)18-15(16)17;/h9-12H,2-8H2,1H3,(H2,16,17);. The fourth-order valence-corrected chi connectivity index (χ4v) is 2.74. The summed E-state index contributed by atoms with van der Waals surface area (Å²) in [4.78, 5) is 1.13. The molecule has 102 valence electrons. The van der Waals surface area contributed by atoms with Crippen molar-refractivity contribution in [2.45, 2.75) is 56.8 Å². The second-order valence-corrected chi connectivity index (χ2v) is 6.40. The van der Waals surface area contributed by atoms with Gasteiger partial charge in [-0.1, -0.05) is 75.1 Å². The van der Waals surface area contributed by atoms with Gasteiger partial charge in [-0.3, -0.25) is 0 Å². The van der Waals surface area contributed by atoms with Crippen LogP contribution in [0, 0.1) is 0 Å².